The molecular formula is C20H23N3O2. The Labute approximate surface area is 147 Å². The highest BCUT2D eigenvalue weighted by atomic mass is 16.5. The standard InChI is InChI=1S/C20H23N3O2/c1-4-5-12-23-17-9-7-6-8-16(17)22-20(23)21-14-15-10-11-18(24-2)19(13-15)25-3/h6-11,13-14H,4-5,12H2,1-3H3/b21-14+. The summed E-state index contributed by atoms with van der Waals surface area (Å²) >= 11 is 0. The van der Waals surface area contributed by atoms with Gasteiger partial charge in [-0.25, -0.2) is 9.98 Å². The Morgan fingerprint density at radius 2 is 1.88 bits per heavy atom. The summed E-state index contributed by atoms with van der Waals surface area (Å²) in [6.07, 6.45) is 4.04. The van der Waals surface area contributed by atoms with E-state index in [0.29, 0.717) is 11.5 Å². The number of aliphatic imine (C=N–C) groups is 1. The summed E-state index contributed by atoms with van der Waals surface area (Å²) in [6.45, 7) is 3.10. The second-order valence-electron chi connectivity index (χ2n) is 5.78. The van der Waals surface area contributed by atoms with Gasteiger partial charge in [-0.3, -0.25) is 0 Å². The van der Waals surface area contributed by atoms with Crippen LogP contribution in [0.15, 0.2) is 47.5 Å². The van der Waals surface area contributed by atoms with Gasteiger partial charge in [-0.1, -0.05) is 25.5 Å². The fraction of sp³-hybridized carbons (Fsp3) is 0.300. The van der Waals surface area contributed by atoms with E-state index in [-0.39, 0.29) is 0 Å². The van der Waals surface area contributed by atoms with Gasteiger partial charge in [-0.2, -0.15) is 0 Å². The number of rotatable bonds is 7. The van der Waals surface area contributed by atoms with Crippen molar-refractivity contribution in [2.24, 2.45) is 4.99 Å². The van der Waals surface area contributed by atoms with Gasteiger partial charge in [0.05, 0.1) is 25.3 Å². The summed E-state index contributed by atoms with van der Waals surface area (Å²) in [7, 11) is 3.25. The molecule has 0 saturated carbocycles. The van der Waals surface area contributed by atoms with Crippen LogP contribution < -0.4 is 9.47 Å². The monoisotopic (exact) mass is 337 g/mol. The maximum atomic E-state index is 5.35. The summed E-state index contributed by atoms with van der Waals surface area (Å²) in [4.78, 5) is 9.29. The molecule has 3 rings (SSSR count). The van der Waals surface area contributed by atoms with Crippen molar-refractivity contribution in [2.75, 3.05) is 14.2 Å². The Morgan fingerprint density at radius 3 is 2.64 bits per heavy atom. The maximum Gasteiger partial charge on any atom is 0.230 e. The molecule has 5 heteroatoms. The SMILES string of the molecule is CCCCn1c(/N=C/c2ccc(OC)c(OC)c2)nc2ccccc21. The number of hydrogen-bond acceptors (Lipinski definition) is 4. The van der Waals surface area contributed by atoms with E-state index in [2.05, 4.69) is 27.5 Å². The first-order valence-electron chi connectivity index (χ1n) is 8.48. The van der Waals surface area contributed by atoms with Crippen LogP contribution in [0.2, 0.25) is 0 Å². The summed E-state index contributed by atoms with van der Waals surface area (Å²) in [5.41, 5.74) is 3.03. The van der Waals surface area contributed by atoms with Crippen LogP contribution in [0.4, 0.5) is 5.95 Å². The van der Waals surface area contributed by atoms with Gasteiger partial charge >= 0.3 is 0 Å². The average molecular weight is 337 g/mol. The lowest BCUT2D eigenvalue weighted by atomic mass is 10.2. The minimum Gasteiger partial charge on any atom is -0.493 e. The first-order chi connectivity index (χ1) is 12.3. The minimum absolute atomic E-state index is 0.686. The molecule has 1 heterocycles. The fourth-order valence-corrected chi connectivity index (χ4v) is 2.76. The van der Waals surface area contributed by atoms with Crippen molar-refractivity contribution in [3.8, 4) is 11.5 Å². The molecule has 0 spiro atoms. The van der Waals surface area contributed by atoms with Gasteiger partial charge in [0.1, 0.15) is 0 Å². The van der Waals surface area contributed by atoms with Crippen molar-refractivity contribution < 1.29 is 9.47 Å². The number of nitrogens with zero attached hydrogens (tertiary/aromatic N) is 3. The van der Waals surface area contributed by atoms with Crippen molar-refractivity contribution in [3.05, 3.63) is 48.0 Å². The average Bonchev–Trinajstić information content (AvgIpc) is 3.01. The number of methoxy groups -OCH3 is 2. The number of ether oxygens (including phenoxy) is 2. The molecule has 0 amide bonds. The van der Waals surface area contributed by atoms with Crippen LogP contribution in [-0.2, 0) is 6.54 Å². The van der Waals surface area contributed by atoms with Crippen LogP contribution in [0, 0.1) is 0 Å². The van der Waals surface area contributed by atoms with Crippen molar-refractivity contribution in [3.63, 3.8) is 0 Å². The van der Waals surface area contributed by atoms with Gasteiger partial charge in [-0.15, -0.1) is 0 Å². The Bertz CT molecular complexity index is 884. The highest BCUT2D eigenvalue weighted by molar-refractivity contribution is 5.84. The summed E-state index contributed by atoms with van der Waals surface area (Å²) in [5, 5.41) is 0. The number of hydrogen-bond donors (Lipinski definition) is 0. The van der Waals surface area contributed by atoms with E-state index in [1.807, 2.05) is 42.6 Å². The highest BCUT2D eigenvalue weighted by Gasteiger charge is 2.09. The third-order valence-electron chi connectivity index (χ3n) is 4.11. The van der Waals surface area contributed by atoms with Crippen molar-refractivity contribution in [1.82, 2.24) is 9.55 Å². The molecule has 0 N–H and O–H groups in total. The highest BCUT2D eigenvalue weighted by Crippen LogP contribution is 2.27. The van der Waals surface area contributed by atoms with E-state index in [0.717, 1.165) is 41.9 Å². The topological polar surface area (TPSA) is 48.6 Å². The normalized spacial score (nSPS) is 11.3. The zero-order valence-electron chi connectivity index (χ0n) is 14.9. The quantitative estimate of drug-likeness (QED) is 0.592. The van der Waals surface area contributed by atoms with Crippen LogP contribution in [0.1, 0.15) is 25.3 Å². The third kappa shape index (κ3) is 3.65. The smallest absolute Gasteiger partial charge is 0.230 e. The fourth-order valence-electron chi connectivity index (χ4n) is 2.76. The van der Waals surface area contributed by atoms with E-state index in [1.165, 1.54) is 0 Å². The number of aromatic nitrogens is 2. The molecule has 0 fully saturated rings. The molecule has 130 valence electrons. The van der Waals surface area contributed by atoms with Gasteiger partial charge in [0.2, 0.25) is 5.95 Å². The van der Waals surface area contributed by atoms with Gasteiger partial charge in [0.25, 0.3) is 0 Å². The van der Waals surface area contributed by atoms with Crippen LogP contribution in [0.25, 0.3) is 11.0 Å². The second kappa shape index (κ2) is 7.83. The maximum absolute atomic E-state index is 5.35. The van der Waals surface area contributed by atoms with Crippen molar-refractivity contribution >= 4 is 23.2 Å². The number of unbranched alkanes of at least 4 members (excludes halogenated alkanes) is 1. The molecule has 2 aromatic carbocycles. The van der Waals surface area contributed by atoms with E-state index in [4.69, 9.17) is 9.47 Å². The molecule has 0 radical (unpaired) electrons. The number of benzene rings is 2. The molecule has 5 nitrogen and oxygen atoms in total. The van der Waals surface area contributed by atoms with Crippen molar-refractivity contribution in [2.45, 2.75) is 26.3 Å². The van der Waals surface area contributed by atoms with E-state index < -0.39 is 0 Å². The van der Waals surface area contributed by atoms with E-state index >= 15 is 0 Å². The Hall–Kier alpha value is -2.82. The molecule has 0 aliphatic heterocycles. The molecule has 0 aliphatic rings. The van der Waals surface area contributed by atoms with Gasteiger partial charge in [0.15, 0.2) is 11.5 Å². The molecule has 0 atom stereocenters. The lowest BCUT2D eigenvalue weighted by Crippen LogP contribution is -1.97. The largest absolute Gasteiger partial charge is 0.493 e. The van der Waals surface area contributed by atoms with Crippen LogP contribution >= 0.6 is 0 Å². The zero-order valence-corrected chi connectivity index (χ0v) is 14.9. The van der Waals surface area contributed by atoms with Gasteiger partial charge < -0.3 is 14.0 Å². The number of fused-ring (bicyclic) bond motifs is 1. The Morgan fingerprint density at radius 1 is 1.08 bits per heavy atom. The molecule has 0 saturated heterocycles. The molecule has 1 aromatic heterocycles. The predicted octanol–water partition coefficient (Wildman–Crippen LogP) is 4.60. The van der Waals surface area contributed by atoms with Crippen LogP contribution in [0.3, 0.4) is 0 Å². The summed E-state index contributed by atoms with van der Waals surface area (Å²) in [6, 6.07) is 13.9. The first kappa shape index (κ1) is 17.0. The molecule has 25 heavy (non-hydrogen) atoms. The number of imidazole rings is 1. The van der Waals surface area contributed by atoms with E-state index in [1.54, 1.807) is 14.2 Å². The molecular weight excluding hydrogens is 314 g/mol. The Kier molecular flexibility index (Phi) is 5.33. The lowest BCUT2D eigenvalue weighted by molar-refractivity contribution is 0.355. The lowest BCUT2D eigenvalue weighted by Gasteiger charge is -2.07. The first-order valence-corrected chi connectivity index (χ1v) is 8.48. The molecule has 0 bridgehead atoms. The predicted molar refractivity (Wildman–Crippen MR) is 101 cm³/mol. The summed E-state index contributed by atoms with van der Waals surface area (Å²) < 4.78 is 12.8. The number of para-hydroxylation sites is 2. The zero-order chi connectivity index (χ0) is 17.6. The van der Waals surface area contributed by atoms with Crippen LogP contribution in [-0.4, -0.2) is 30.0 Å². The van der Waals surface area contributed by atoms with Crippen molar-refractivity contribution in [1.29, 1.82) is 0 Å². The second-order valence-corrected chi connectivity index (χ2v) is 5.78. The molecule has 0 unspecified atom stereocenters. The molecule has 0 aliphatic carbocycles. The number of aryl methyl sites for hydroxylation is 1. The molecule has 3 aromatic rings. The Balaban J connectivity index is 1.95. The van der Waals surface area contributed by atoms with Gasteiger partial charge in [-0.05, 0) is 42.3 Å². The minimum atomic E-state index is 0.686. The third-order valence-corrected chi connectivity index (χ3v) is 4.11. The van der Waals surface area contributed by atoms with Gasteiger partial charge in [0, 0.05) is 12.8 Å². The van der Waals surface area contributed by atoms with E-state index in [9.17, 15) is 0 Å². The summed E-state index contributed by atoms with van der Waals surface area (Å²) in [5.74, 6) is 2.12. The van der Waals surface area contributed by atoms with Crippen LogP contribution in [0.5, 0.6) is 11.5 Å².